The molecule has 1 amide bonds. The highest BCUT2D eigenvalue weighted by Gasteiger charge is 2.33. The fraction of sp³-hybridized carbons (Fsp3) is 0.474. The van der Waals surface area contributed by atoms with Crippen LogP contribution in [0.1, 0.15) is 43.8 Å². The zero-order chi connectivity index (χ0) is 17.2. The van der Waals surface area contributed by atoms with Gasteiger partial charge in [0.2, 0.25) is 5.91 Å². The normalized spacial score (nSPS) is 21.0. The molecule has 6 heteroatoms. The number of carbonyl (C=O) groups excluding carboxylic acids is 1. The number of benzene rings is 1. The molecule has 2 atom stereocenters. The maximum atomic E-state index is 13.0. The zero-order valence-electron chi connectivity index (χ0n) is 14.4. The van der Waals surface area contributed by atoms with Gasteiger partial charge in [-0.15, -0.1) is 0 Å². The summed E-state index contributed by atoms with van der Waals surface area (Å²) < 4.78 is 13.4. The van der Waals surface area contributed by atoms with E-state index in [1.807, 2.05) is 34.7 Å². The molecule has 4 rings (SSSR count). The number of likely N-dealkylation sites (tertiary alicyclic amines) is 1. The summed E-state index contributed by atoms with van der Waals surface area (Å²) in [6.45, 7) is 4.06. The van der Waals surface area contributed by atoms with Gasteiger partial charge in [0.15, 0.2) is 11.5 Å². The van der Waals surface area contributed by atoms with Gasteiger partial charge in [-0.25, -0.2) is 4.98 Å². The van der Waals surface area contributed by atoms with Crippen LogP contribution < -0.4 is 9.47 Å². The van der Waals surface area contributed by atoms with Crippen molar-refractivity contribution in [3.63, 3.8) is 0 Å². The van der Waals surface area contributed by atoms with Gasteiger partial charge < -0.3 is 18.9 Å². The van der Waals surface area contributed by atoms with Crippen molar-refractivity contribution < 1.29 is 14.3 Å². The van der Waals surface area contributed by atoms with Crippen molar-refractivity contribution >= 4 is 5.91 Å². The summed E-state index contributed by atoms with van der Waals surface area (Å²) in [5, 5.41) is 0. The second kappa shape index (κ2) is 6.78. The number of imidazole rings is 1. The average molecular weight is 341 g/mol. The number of nitrogens with zero attached hydrogens (tertiary/aromatic N) is 3. The van der Waals surface area contributed by atoms with Crippen molar-refractivity contribution in [3.05, 3.63) is 42.5 Å². The van der Waals surface area contributed by atoms with E-state index in [0.29, 0.717) is 13.2 Å². The van der Waals surface area contributed by atoms with Crippen molar-refractivity contribution in [3.8, 4) is 11.5 Å². The number of fused-ring (bicyclic) bond motifs is 1. The van der Waals surface area contributed by atoms with E-state index in [2.05, 4.69) is 11.1 Å². The largest absolute Gasteiger partial charge is 0.490 e. The second-order valence-electron chi connectivity index (χ2n) is 6.63. The molecule has 25 heavy (non-hydrogen) atoms. The minimum Gasteiger partial charge on any atom is -0.490 e. The summed E-state index contributed by atoms with van der Waals surface area (Å²) >= 11 is 0. The number of hydrogen-bond acceptors (Lipinski definition) is 4. The van der Waals surface area contributed by atoms with E-state index in [1.54, 1.807) is 12.5 Å². The molecule has 0 unspecified atom stereocenters. The van der Waals surface area contributed by atoms with E-state index in [0.717, 1.165) is 42.9 Å². The Morgan fingerprint density at radius 2 is 2.08 bits per heavy atom. The van der Waals surface area contributed by atoms with Crippen molar-refractivity contribution in [2.45, 2.75) is 38.3 Å². The molecule has 2 aliphatic heterocycles. The third-order valence-electron chi connectivity index (χ3n) is 5.02. The van der Waals surface area contributed by atoms with Crippen molar-refractivity contribution in [1.82, 2.24) is 14.5 Å². The van der Waals surface area contributed by atoms with E-state index in [-0.39, 0.29) is 18.0 Å². The first-order valence-corrected chi connectivity index (χ1v) is 8.91. The van der Waals surface area contributed by atoms with Gasteiger partial charge in [-0.3, -0.25) is 4.79 Å². The first-order valence-electron chi connectivity index (χ1n) is 8.91. The molecule has 0 bridgehead atoms. The lowest BCUT2D eigenvalue weighted by Crippen LogP contribution is -2.35. The summed E-state index contributed by atoms with van der Waals surface area (Å²) in [6.07, 6.45) is 8.11. The number of carbonyl (C=O) groups is 1. The van der Waals surface area contributed by atoms with Crippen LogP contribution in [0.3, 0.4) is 0 Å². The Morgan fingerprint density at radius 1 is 1.24 bits per heavy atom. The molecule has 0 N–H and O–H groups in total. The van der Waals surface area contributed by atoms with Crippen LogP contribution in [-0.4, -0.2) is 40.1 Å². The highest BCUT2D eigenvalue weighted by atomic mass is 16.5. The zero-order valence-corrected chi connectivity index (χ0v) is 14.4. The summed E-state index contributed by atoms with van der Waals surface area (Å²) in [5.41, 5.74) is 1.12. The van der Waals surface area contributed by atoms with Crippen LogP contribution >= 0.6 is 0 Å². The maximum absolute atomic E-state index is 13.0. The molecule has 2 aliphatic rings. The highest BCUT2D eigenvalue weighted by molar-refractivity contribution is 5.81. The van der Waals surface area contributed by atoms with Crippen molar-refractivity contribution in [2.24, 2.45) is 0 Å². The number of aromatic nitrogens is 2. The van der Waals surface area contributed by atoms with Crippen molar-refractivity contribution in [1.29, 1.82) is 0 Å². The summed E-state index contributed by atoms with van der Waals surface area (Å²) in [4.78, 5) is 19.0. The summed E-state index contributed by atoms with van der Waals surface area (Å²) in [7, 11) is 0. The Balaban J connectivity index is 1.57. The minimum atomic E-state index is -0.247. The Bertz CT molecular complexity index is 744. The highest BCUT2D eigenvalue weighted by Crippen LogP contribution is 2.38. The number of amides is 1. The molecule has 1 saturated heterocycles. The molecular formula is C19H23N3O3. The van der Waals surface area contributed by atoms with E-state index >= 15 is 0 Å². The van der Waals surface area contributed by atoms with Gasteiger partial charge >= 0.3 is 0 Å². The molecule has 0 saturated carbocycles. The maximum Gasteiger partial charge on any atom is 0.245 e. The summed E-state index contributed by atoms with van der Waals surface area (Å²) in [5.74, 6) is 1.72. The van der Waals surface area contributed by atoms with Gasteiger partial charge in [0.25, 0.3) is 0 Å². The first-order chi connectivity index (χ1) is 12.2. The van der Waals surface area contributed by atoms with Crippen LogP contribution in [0.2, 0.25) is 0 Å². The fourth-order valence-electron chi connectivity index (χ4n) is 3.63. The van der Waals surface area contributed by atoms with Gasteiger partial charge in [-0.05, 0) is 37.5 Å². The van der Waals surface area contributed by atoms with Crippen LogP contribution in [0, 0.1) is 0 Å². The minimum absolute atomic E-state index is 0.0932. The lowest BCUT2D eigenvalue weighted by molar-refractivity contribution is -0.135. The molecule has 0 spiro atoms. The lowest BCUT2D eigenvalue weighted by Gasteiger charge is -2.28. The van der Waals surface area contributed by atoms with E-state index in [1.165, 1.54) is 0 Å². The standard InChI is InChI=1S/C19H23N3O3/c1-14(21-9-7-20-13-21)19(23)22-8-2-4-16(22)15-5-6-17-18(12-15)25-11-3-10-24-17/h5-7,9,12-14,16H,2-4,8,10-11H2,1H3/t14-,16+/m0/s1. The molecule has 0 aliphatic carbocycles. The second-order valence-corrected chi connectivity index (χ2v) is 6.63. The monoisotopic (exact) mass is 341 g/mol. The number of hydrogen-bond donors (Lipinski definition) is 0. The van der Waals surface area contributed by atoms with Crippen LogP contribution in [0.4, 0.5) is 0 Å². The average Bonchev–Trinajstić information content (AvgIpc) is 3.28. The predicted molar refractivity (Wildman–Crippen MR) is 92.7 cm³/mol. The molecule has 1 aromatic heterocycles. The Hall–Kier alpha value is -2.50. The third kappa shape index (κ3) is 3.08. The number of ether oxygens (including phenoxy) is 2. The molecule has 132 valence electrons. The molecule has 6 nitrogen and oxygen atoms in total. The lowest BCUT2D eigenvalue weighted by atomic mass is 10.0. The molecule has 3 heterocycles. The van der Waals surface area contributed by atoms with Gasteiger partial charge in [0, 0.05) is 25.4 Å². The molecular weight excluding hydrogens is 318 g/mol. The molecule has 1 fully saturated rings. The van der Waals surface area contributed by atoms with Crippen LogP contribution in [0.15, 0.2) is 36.9 Å². The summed E-state index contributed by atoms with van der Waals surface area (Å²) in [6, 6.07) is 5.92. The Labute approximate surface area is 147 Å². The Kier molecular flexibility index (Phi) is 4.34. The molecule has 0 radical (unpaired) electrons. The van der Waals surface area contributed by atoms with Gasteiger partial charge in [0.05, 0.1) is 25.6 Å². The van der Waals surface area contributed by atoms with Gasteiger partial charge in [-0.2, -0.15) is 0 Å². The van der Waals surface area contributed by atoms with E-state index in [9.17, 15) is 4.79 Å². The third-order valence-corrected chi connectivity index (χ3v) is 5.02. The SMILES string of the molecule is C[C@@H](C(=O)N1CCC[C@@H]1c1ccc2c(c1)OCCCO2)n1ccnc1. The molecule has 2 aromatic rings. The van der Waals surface area contributed by atoms with Crippen LogP contribution in [0.25, 0.3) is 0 Å². The van der Waals surface area contributed by atoms with E-state index in [4.69, 9.17) is 9.47 Å². The topological polar surface area (TPSA) is 56.6 Å². The van der Waals surface area contributed by atoms with Crippen molar-refractivity contribution in [2.75, 3.05) is 19.8 Å². The van der Waals surface area contributed by atoms with Crippen LogP contribution in [-0.2, 0) is 4.79 Å². The smallest absolute Gasteiger partial charge is 0.245 e. The van der Waals surface area contributed by atoms with Crippen LogP contribution in [0.5, 0.6) is 11.5 Å². The Morgan fingerprint density at radius 3 is 2.88 bits per heavy atom. The predicted octanol–water partition coefficient (Wildman–Crippen LogP) is 2.97. The van der Waals surface area contributed by atoms with Gasteiger partial charge in [0.1, 0.15) is 6.04 Å². The number of rotatable bonds is 3. The molecule has 1 aromatic carbocycles. The van der Waals surface area contributed by atoms with E-state index < -0.39 is 0 Å². The fourth-order valence-corrected chi connectivity index (χ4v) is 3.63. The first kappa shape index (κ1) is 16.0. The van der Waals surface area contributed by atoms with Gasteiger partial charge in [-0.1, -0.05) is 6.07 Å². The quantitative estimate of drug-likeness (QED) is 0.861.